The van der Waals surface area contributed by atoms with Gasteiger partial charge in [0.1, 0.15) is 5.00 Å². The lowest BCUT2D eigenvalue weighted by Gasteiger charge is -2.25. The molecule has 0 aromatic heterocycles. The van der Waals surface area contributed by atoms with Crippen molar-refractivity contribution in [3.05, 3.63) is 12.3 Å². The lowest BCUT2D eigenvalue weighted by atomic mass is 10.3. The molecule has 0 fully saturated rings. The molecule has 2 N–H and O–H groups in total. The molecule has 0 saturated heterocycles. The molecular weight excluding hydrogens is 156 g/mol. The van der Waals surface area contributed by atoms with Crippen molar-refractivity contribution in [3.63, 3.8) is 0 Å². The van der Waals surface area contributed by atoms with Crippen LogP contribution in [0, 0.1) is 0 Å². The Labute approximate surface area is 64.3 Å². The largest absolute Gasteiger partial charge is 0.341 e. The minimum atomic E-state index is -0.512. The van der Waals surface area contributed by atoms with Crippen LogP contribution >= 0.6 is 23.8 Å². The first-order valence-corrected chi connectivity index (χ1v) is 3.34. The van der Waals surface area contributed by atoms with Crippen molar-refractivity contribution < 1.29 is 0 Å². The maximum atomic E-state index is 5.84. The molecule has 2 nitrogen and oxygen atoms in total. The molecule has 1 aliphatic heterocycles. The first-order valence-electron chi connectivity index (χ1n) is 2.55. The van der Waals surface area contributed by atoms with E-state index < -0.39 is 5.00 Å². The highest BCUT2D eigenvalue weighted by Crippen LogP contribution is 2.12. The van der Waals surface area contributed by atoms with Gasteiger partial charge in [0.2, 0.25) is 0 Å². The van der Waals surface area contributed by atoms with Crippen LogP contribution in [0.1, 0.15) is 6.92 Å². The lowest BCUT2D eigenvalue weighted by molar-refractivity contribution is 0.699. The third-order valence-electron chi connectivity index (χ3n) is 0.969. The highest BCUT2D eigenvalue weighted by molar-refractivity contribution is 7.80. The van der Waals surface area contributed by atoms with E-state index in [9.17, 15) is 0 Å². The van der Waals surface area contributed by atoms with Crippen molar-refractivity contribution in [1.29, 1.82) is 0 Å². The number of hydrogen-bond donors (Lipinski definition) is 2. The smallest absolute Gasteiger partial charge is 0.171 e. The summed E-state index contributed by atoms with van der Waals surface area (Å²) in [6, 6.07) is 0. The molecule has 0 spiro atoms. The average Bonchev–Trinajstić information content (AvgIpc) is 1.60. The summed E-state index contributed by atoms with van der Waals surface area (Å²) in [4.78, 5) is -0.512. The Kier molecular flexibility index (Phi) is 1.64. The Balaban J connectivity index is 2.71. The van der Waals surface area contributed by atoms with Crippen LogP contribution in [-0.2, 0) is 0 Å². The van der Waals surface area contributed by atoms with Crippen molar-refractivity contribution >= 4 is 28.9 Å². The van der Waals surface area contributed by atoms with E-state index in [4.69, 9.17) is 23.8 Å². The van der Waals surface area contributed by atoms with Crippen LogP contribution in [0.4, 0.5) is 0 Å². The number of nitrogens with one attached hydrogen (secondary N) is 2. The van der Waals surface area contributed by atoms with Crippen LogP contribution in [0.25, 0.3) is 0 Å². The summed E-state index contributed by atoms with van der Waals surface area (Å²) >= 11 is 10.6. The number of halogens is 1. The summed E-state index contributed by atoms with van der Waals surface area (Å²) in [6.07, 6.45) is 3.52. The molecule has 0 bridgehead atoms. The Morgan fingerprint density at radius 1 is 1.78 bits per heavy atom. The standard InChI is InChI=1S/C5H7ClN2S/c1-5(6)2-3-7-4(9)8-5/h2-3H,1H3,(H2,7,8,9). The molecular formula is C5H7ClN2S. The van der Waals surface area contributed by atoms with E-state index in [-0.39, 0.29) is 0 Å². The zero-order valence-electron chi connectivity index (χ0n) is 4.94. The lowest BCUT2D eigenvalue weighted by Crippen LogP contribution is -2.47. The van der Waals surface area contributed by atoms with Crippen LogP contribution in [0.2, 0.25) is 0 Å². The van der Waals surface area contributed by atoms with Gasteiger partial charge in [0, 0.05) is 6.20 Å². The third-order valence-corrected chi connectivity index (χ3v) is 1.41. The van der Waals surface area contributed by atoms with Crippen molar-refractivity contribution in [2.75, 3.05) is 0 Å². The van der Waals surface area contributed by atoms with E-state index in [1.807, 2.05) is 6.92 Å². The van der Waals surface area contributed by atoms with E-state index in [0.717, 1.165) is 0 Å². The van der Waals surface area contributed by atoms with Gasteiger partial charge in [-0.1, -0.05) is 11.6 Å². The van der Waals surface area contributed by atoms with Gasteiger partial charge in [0.25, 0.3) is 0 Å². The maximum absolute atomic E-state index is 5.84. The van der Waals surface area contributed by atoms with Crippen molar-refractivity contribution in [3.8, 4) is 0 Å². The van der Waals surface area contributed by atoms with Gasteiger partial charge in [-0.05, 0) is 25.2 Å². The summed E-state index contributed by atoms with van der Waals surface area (Å²) < 4.78 is 0. The fraction of sp³-hybridized carbons (Fsp3) is 0.400. The van der Waals surface area contributed by atoms with Crippen LogP contribution in [0.3, 0.4) is 0 Å². The molecule has 0 aromatic rings. The highest BCUT2D eigenvalue weighted by Gasteiger charge is 2.19. The van der Waals surface area contributed by atoms with E-state index in [0.29, 0.717) is 5.11 Å². The molecule has 0 amide bonds. The molecule has 1 aliphatic rings. The average molecular weight is 163 g/mol. The quantitative estimate of drug-likeness (QED) is 0.315. The Morgan fingerprint density at radius 2 is 2.44 bits per heavy atom. The van der Waals surface area contributed by atoms with Crippen LogP contribution in [-0.4, -0.2) is 10.1 Å². The monoisotopic (exact) mass is 162 g/mol. The Morgan fingerprint density at radius 3 is 2.78 bits per heavy atom. The second-order valence-electron chi connectivity index (χ2n) is 2.01. The number of rotatable bonds is 0. The molecule has 0 radical (unpaired) electrons. The molecule has 50 valence electrons. The molecule has 1 rings (SSSR count). The van der Waals surface area contributed by atoms with Crippen LogP contribution in [0.15, 0.2) is 12.3 Å². The summed E-state index contributed by atoms with van der Waals surface area (Å²) in [6.45, 7) is 1.83. The molecule has 9 heavy (non-hydrogen) atoms. The minimum absolute atomic E-state index is 0.512. The fourth-order valence-electron chi connectivity index (χ4n) is 0.574. The zero-order valence-corrected chi connectivity index (χ0v) is 6.51. The highest BCUT2D eigenvalue weighted by atomic mass is 35.5. The SMILES string of the molecule is CC1(Cl)C=CNC(=S)N1. The summed E-state index contributed by atoms with van der Waals surface area (Å²) in [7, 11) is 0. The third kappa shape index (κ3) is 1.84. The van der Waals surface area contributed by atoms with Gasteiger partial charge >= 0.3 is 0 Å². The first-order chi connectivity index (χ1) is 4.10. The predicted octanol–water partition coefficient (Wildman–Crippen LogP) is 0.933. The fourth-order valence-corrected chi connectivity index (χ4v) is 1.07. The van der Waals surface area contributed by atoms with Crippen molar-refractivity contribution in [2.24, 2.45) is 0 Å². The van der Waals surface area contributed by atoms with Gasteiger partial charge in [-0.3, -0.25) is 0 Å². The molecule has 1 heterocycles. The summed E-state index contributed by atoms with van der Waals surface area (Å²) in [5.74, 6) is 0. The molecule has 0 saturated carbocycles. The molecule has 0 aliphatic carbocycles. The number of thiocarbonyl (C=S) groups is 1. The predicted molar refractivity (Wildman–Crippen MR) is 42.3 cm³/mol. The second kappa shape index (κ2) is 2.15. The Hall–Kier alpha value is -0.280. The topological polar surface area (TPSA) is 24.1 Å². The second-order valence-corrected chi connectivity index (χ2v) is 3.20. The number of hydrogen-bond acceptors (Lipinski definition) is 1. The van der Waals surface area contributed by atoms with Crippen LogP contribution in [0.5, 0.6) is 0 Å². The maximum Gasteiger partial charge on any atom is 0.171 e. The normalized spacial score (nSPS) is 33.3. The van der Waals surface area contributed by atoms with Gasteiger partial charge in [0.15, 0.2) is 5.11 Å². The number of alkyl halides is 1. The molecule has 4 heteroatoms. The molecule has 1 atom stereocenters. The van der Waals surface area contributed by atoms with Gasteiger partial charge in [-0.25, -0.2) is 0 Å². The van der Waals surface area contributed by atoms with E-state index >= 15 is 0 Å². The zero-order chi connectivity index (χ0) is 6.91. The van der Waals surface area contributed by atoms with Gasteiger partial charge < -0.3 is 10.6 Å². The summed E-state index contributed by atoms with van der Waals surface area (Å²) in [5.41, 5.74) is 0. The van der Waals surface area contributed by atoms with E-state index in [2.05, 4.69) is 10.6 Å². The molecule has 0 aromatic carbocycles. The van der Waals surface area contributed by atoms with Gasteiger partial charge in [0.05, 0.1) is 0 Å². The molecule has 1 unspecified atom stereocenters. The minimum Gasteiger partial charge on any atom is -0.341 e. The van der Waals surface area contributed by atoms with E-state index in [1.165, 1.54) is 0 Å². The first kappa shape index (κ1) is 6.83. The van der Waals surface area contributed by atoms with Crippen molar-refractivity contribution in [1.82, 2.24) is 10.6 Å². The summed E-state index contributed by atoms with van der Waals surface area (Å²) in [5, 5.41) is 6.21. The van der Waals surface area contributed by atoms with Crippen LogP contribution < -0.4 is 10.6 Å². The van der Waals surface area contributed by atoms with Gasteiger partial charge in [-0.2, -0.15) is 0 Å². The van der Waals surface area contributed by atoms with E-state index in [1.54, 1.807) is 12.3 Å². The Bertz CT molecular complexity index is 164. The van der Waals surface area contributed by atoms with Gasteiger partial charge in [-0.15, -0.1) is 0 Å². The van der Waals surface area contributed by atoms with Crippen molar-refractivity contribution in [2.45, 2.75) is 11.9 Å².